The maximum absolute atomic E-state index is 15.0. The predicted molar refractivity (Wildman–Crippen MR) is 305 cm³/mol. The lowest BCUT2D eigenvalue weighted by atomic mass is 9.77. The summed E-state index contributed by atoms with van der Waals surface area (Å²) in [5, 5.41) is 52.4. The number of halogens is 2. The number of alkyl carbamates (subject to hydrolysis) is 2. The first-order valence-electron chi connectivity index (χ1n) is 28.2. The quantitative estimate of drug-likeness (QED) is 0.0736. The van der Waals surface area contributed by atoms with E-state index in [4.69, 9.17) is 65.8 Å². The number of amides is 2. The molecule has 460 valence electrons. The minimum absolute atomic E-state index is 0.0167. The van der Waals surface area contributed by atoms with Crippen LogP contribution in [0.3, 0.4) is 0 Å². The zero-order valence-electron chi connectivity index (χ0n) is 50.2. The van der Waals surface area contributed by atoms with Gasteiger partial charge in [-0.1, -0.05) is 67.4 Å². The van der Waals surface area contributed by atoms with Crippen LogP contribution in [0.4, 0.5) is 9.59 Å². The molecule has 0 radical (unpaired) electrons. The van der Waals surface area contributed by atoms with Crippen molar-refractivity contribution in [3.8, 4) is 5.75 Å². The van der Waals surface area contributed by atoms with Gasteiger partial charge < -0.3 is 73.5 Å². The van der Waals surface area contributed by atoms with Crippen molar-refractivity contribution in [1.29, 1.82) is 0 Å². The number of ether oxygens (including phenoxy) is 9. The molecule has 0 aliphatic carbocycles. The van der Waals surface area contributed by atoms with Gasteiger partial charge in [-0.2, -0.15) is 0 Å². The Hall–Kier alpha value is -4.43. The van der Waals surface area contributed by atoms with Crippen molar-refractivity contribution in [3.63, 3.8) is 0 Å². The van der Waals surface area contributed by atoms with E-state index in [1.54, 1.807) is 89.9 Å². The minimum Gasteiger partial charge on any atom is -0.497 e. The van der Waals surface area contributed by atoms with E-state index in [1.165, 1.54) is 14.0 Å². The summed E-state index contributed by atoms with van der Waals surface area (Å²) in [6.07, 6.45) is -9.70. The van der Waals surface area contributed by atoms with E-state index in [2.05, 4.69) is 20.9 Å². The Kier molecular flexibility index (Phi) is 23.3. The molecule has 3 aliphatic heterocycles. The molecular weight excluding hydrogens is 1110 g/mol. The van der Waals surface area contributed by atoms with E-state index in [0.717, 1.165) is 5.56 Å². The van der Waals surface area contributed by atoms with E-state index >= 15 is 4.79 Å². The molecule has 24 heteroatoms. The van der Waals surface area contributed by atoms with Gasteiger partial charge in [-0.05, 0) is 125 Å². The van der Waals surface area contributed by atoms with Gasteiger partial charge in [0, 0.05) is 60.2 Å². The molecule has 0 bridgehead atoms. The number of benzene rings is 2. The number of aliphatic hydroxyl groups excluding tert-OH is 1. The van der Waals surface area contributed by atoms with Crippen molar-refractivity contribution in [2.75, 3.05) is 41.9 Å². The number of nitrogens with zero attached hydrogens (tertiary/aromatic N) is 5. The third-order valence-electron chi connectivity index (χ3n) is 16.6. The average molecular weight is 1200 g/mol. The van der Waals surface area contributed by atoms with E-state index in [1.807, 2.05) is 63.8 Å². The van der Waals surface area contributed by atoms with Crippen LogP contribution >= 0.6 is 23.2 Å². The number of esters is 1. The van der Waals surface area contributed by atoms with Crippen LogP contribution < -0.4 is 15.4 Å². The van der Waals surface area contributed by atoms with E-state index in [9.17, 15) is 24.9 Å². The van der Waals surface area contributed by atoms with Crippen molar-refractivity contribution in [1.82, 2.24) is 35.4 Å². The van der Waals surface area contributed by atoms with Crippen molar-refractivity contribution in [2.45, 2.75) is 205 Å². The molecule has 3 aliphatic rings. The van der Waals surface area contributed by atoms with Crippen molar-refractivity contribution < 1.29 is 72.3 Å². The smallest absolute Gasteiger partial charge is 0.407 e. The summed E-state index contributed by atoms with van der Waals surface area (Å²) in [5.41, 5.74) is -3.02. The van der Waals surface area contributed by atoms with Gasteiger partial charge in [-0.25, -0.2) is 14.3 Å². The van der Waals surface area contributed by atoms with Gasteiger partial charge in [0.05, 0.1) is 62.3 Å². The van der Waals surface area contributed by atoms with Crippen LogP contribution in [-0.2, 0) is 62.3 Å². The first-order valence-corrected chi connectivity index (χ1v) is 29.0. The summed E-state index contributed by atoms with van der Waals surface area (Å²) in [6.45, 7) is 18.1. The molecule has 0 saturated carbocycles. The summed E-state index contributed by atoms with van der Waals surface area (Å²) >= 11 is 12.7. The highest BCUT2D eigenvalue weighted by Crippen LogP contribution is 2.41. The van der Waals surface area contributed by atoms with Crippen LogP contribution in [-0.4, -0.2) is 190 Å². The lowest BCUT2D eigenvalue weighted by molar-refractivity contribution is -0.317. The molecule has 3 aromatic rings. The van der Waals surface area contributed by atoms with Crippen LogP contribution in [0.15, 0.2) is 48.7 Å². The topological polar surface area (TPSA) is 256 Å². The van der Waals surface area contributed by atoms with Crippen LogP contribution in [0, 0.1) is 17.8 Å². The minimum atomic E-state index is -1.97. The van der Waals surface area contributed by atoms with E-state index in [0.29, 0.717) is 40.0 Å². The van der Waals surface area contributed by atoms with Crippen molar-refractivity contribution >= 4 is 41.4 Å². The van der Waals surface area contributed by atoms with Gasteiger partial charge in [0.2, 0.25) is 0 Å². The Balaban J connectivity index is 1.29. The third-order valence-corrected chi connectivity index (χ3v) is 17.3. The zero-order chi connectivity index (χ0) is 60.6. The van der Waals surface area contributed by atoms with Gasteiger partial charge in [0.1, 0.15) is 34.9 Å². The van der Waals surface area contributed by atoms with Crippen LogP contribution in [0.1, 0.15) is 112 Å². The zero-order valence-corrected chi connectivity index (χ0v) is 51.7. The Bertz CT molecular complexity index is 2540. The summed E-state index contributed by atoms with van der Waals surface area (Å²) in [6, 6.07) is 11.4. The fraction of sp³-hybridized carbons (Fsp3) is 0.707. The van der Waals surface area contributed by atoms with Gasteiger partial charge in [-0.15, -0.1) is 5.10 Å². The number of aromatic nitrogens is 3. The Morgan fingerprint density at radius 1 is 0.878 bits per heavy atom. The number of hydrogen-bond donors (Lipinski definition) is 5. The highest BCUT2D eigenvalue weighted by molar-refractivity contribution is 6.36. The number of rotatable bonds is 16. The molecule has 0 spiro atoms. The average Bonchev–Trinajstić information content (AvgIpc) is 4.03. The number of carbonyl (C=O) groups excluding carboxylic acids is 3. The molecule has 2 amide bonds. The summed E-state index contributed by atoms with van der Waals surface area (Å²) in [5.74, 6) is -2.48. The molecular formula is C58H89Cl2N7O15. The Morgan fingerprint density at radius 3 is 2.12 bits per heavy atom. The van der Waals surface area contributed by atoms with E-state index in [-0.39, 0.29) is 57.0 Å². The lowest BCUT2D eigenvalue weighted by Crippen LogP contribution is -2.61. The summed E-state index contributed by atoms with van der Waals surface area (Å²) in [4.78, 5) is 46.2. The summed E-state index contributed by atoms with van der Waals surface area (Å²) < 4.78 is 58.2. The SMILES string of the molecule is CC[C@@H]1OC(=O)[C@H](C)[C@H](O[C@H]2C[C@@](C)(OC)[C@@H](OC(=O)NCc3cn(Cc4c(Cl)cccc4Cl)nn3)[C@H](C)O2)[C@H](C)[C@@H](O[C@@H]2O[C@H](C)C[C@H](N(C)C)[C@H]2O)[C@](C)(O)C[C@@H](C)CN(C)[C@@H](C)[C@H](OC(=O)NCc2ccc(OC)cc2)[C@]1(C)O. The standard InChI is InChI=1S/C58H89Cl2N7O15/c1-16-45-58(10,73)50(81-54(70)61-27-38-20-22-40(74-14)23-21-38)36(6)66(13)29-32(2)25-56(8,72)49(80-53-47(68)44(65(11)12)24-33(3)76-53)34(4)48(35(5)52(69)78-45)79-46-26-57(9,75-15)51(37(7)77-46)82-55(71)62-28-39-30-67(64-63-39)31-41-42(59)18-17-19-43(41)60/h17-23,30,32-37,44-51,53,68,72-73H,16,24-29,31H2,1-15H3,(H,61,70)(H,62,71)/t32-,33-,34+,35-,36+,37+,44+,45+,46+,47-,48-,49-,50+,51+,53+,56-,57-,58-/m1/s1. The molecule has 82 heavy (non-hydrogen) atoms. The van der Waals surface area contributed by atoms with Gasteiger partial charge in [0.15, 0.2) is 24.8 Å². The van der Waals surface area contributed by atoms with Crippen molar-refractivity contribution in [3.05, 3.63) is 75.5 Å². The monoisotopic (exact) mass is 1190 g/mol. The molecule has 18 atom stereocenters. The molecule has 1 aromatic heterocycles. The predicted octanol–water partition coefficient (Wildman–Crippen LogP) is 6.72. The number of nitrogens with one attached hydrogen (secondary N) is 2. The normalized spacial score (nSPS) is 35.4. The molecule has 22 nitrogen and oxygen atoms in total. The number of cyclic esters (lactones) is 1. The third kappa shape index (κ3) is 16.5. The Labute approximate surface area is 492 Å². The van der Waals surface area contributed by atoms with Crippen molar-refractivity contribution in [2.24, 2.45) is 17.8 Å². The maximum atomic E-state index is 15.0. The van der Waals surface area contributed by atoms with Gasteiger partial charge in [-0.3, -0.25) is 9.69 Å². The number of hydrogen-bond acceptors (Lipinski definition) is 19. The second-order valence-electron chi connectivity index (χ2n) is 23.6. The highest BCUT2D eigenvalue weighted by atomic mass is 35.5. The summed E-state index contributed by atoms with van der Waals surface area (Å²) in [7, 11) is 8.61. The van der Waals surface area contributed by atoms with Gasteiger partial charge >= 0.3 is 18.2 Å². The highest BCUT2D eigenvalue weighted by Gasteiger charge is 2.54. The molecule has 3 fully saturated rings. The first-order chi connectivity index (χ1) is 38.5. The molecule has 3 saturated heterocycles. The molecule has 5 N–H and O–H groups in total. The second-order valence-corrected chi connectivity index (χ2v) is 24.4. The molecule has 2 aromatic carbocycles. The van der Waals surface area contributed by atoms with Crippen LogP contribution in [0.5, 0.6) is 5.75 Å². The fourth-order valence-electron chi connectivity index (χ4n) is 11.9. The van der Waals surface area contributed by atoms with Crippen LogP contribution in [0.25, 0.3) is 0 Å². The number of likely N-dealkylation sites (N-methyl/N-ethyl adjacent to an activating group) is 2. The molecule has 6 rings (SSSR count). The Morgan fingerprint density at radius 2 is 1.51 bits per heavy atom. The maximum Gasteiger partial charge on any atom is 0.407 e. The number of methoxy groups -OCH3 is 2. The second kappa shape index (κ2) is 28.6. The molecule has 0 unspecified atom stereocenters. The largest absolute Gasteiger partial charge is 0.497 e. The van der Waals surface area contributed by atoms with E-state index < -0.39 is 108 Å². The van der Waals surface area contributed by atoms with Gasteiger partial charge in [0.25, 0.3) is 0 Å². The van der Waals surface area contributed by atoms with Crippen LogP contribution in [0.2, 0.25) is 10.0 Å². The lowest BCUT2D eigenvalue weighted by Gasteiger charge is -2.49. The first kappa shape index (κ1) is 66.7. The molecule has 4 heterocycles. The fourth-order valence-corrected chi connectivity index (χ4v) is 12.4. The number of aliphatic hydroxyl groups is 3. The number of carbonyl (C=O) groups is 3.